The quantitative estimate of drug-likeness (QED) is 0.194. The van der Waals surface area contributed by atoms with Crippen LogP contribution in [0.5, 0.6) is 0 Å². The van der Waals surface area contributed by atoms with Gasteiger partial charge < -0.3 is 5.73 Å². The van der Waals surface area contributed by atoms with E-state index < -0.39 is 0 Å². The largest absolute Gasteiger partial charge is 0.326 e. The van der Waals surface area contributed by atoms with E-state index in [1.807, 2.05) is 24.3 Å². The summed E-state index contributed by atoms with van der Waals surface area (Å²) >= 11 is 11.9. The molecule has 228 valence electrons. The number of halogens is 2. The molecule has 2 aliphatic carbocycles. The van der Waals surface area contributed by atoms with Gasteiger partial charge in [0.25, 0.3) is 0 Å². The van der Waals surface area contributed by atoms with Crippen molar-refractivity contribution in [2.45, 2.75) is 101 Å². The highest BCUT2D eigenvalue weighted by Crippen LogP contribution is 2.32. The smallest absolute Gasteiger partial charge is 0.0529 e. The Hall–Kier alpha value is -1.79. The number of nitrogens with zero attached hydrogens (tertiary/aromatic N) is 5. The lowest BCUT2D eigenvalue weighted by Gasteiger charge is -2.37. The molecule has 0 radical (unpaired) electrons. The first-order valence-corrected chi connectivity index (χ1v) is 17.0. The second-order valence-corrected chi connectivity index (χ2v) is 13.9. The molecule has 2 saturated heterocycles. The van der Waals surface area contributed by atoms with Gasteiger partial charge in [0.1, 0.15) is 0 Å². The van der Waals surface area contributed by atoms with Crippen molar-refractivity contribution < 1.29 is 0 Å². The summed E-state index contributed by atoms with van der Waals surface area (Å²) in [5.41, 5.74) is 17.7. The van der Waals surface area contributed by atoms with Gasteiger partial charge in [0, 0.05) is 33.1 Å². The summed E-state index contributed by atoms with van der Waals surface area (Å²) < 4.78 is 0. The van der Waals surface area contributed by atoms with Gasteiger partial charge in [-0.05, 0) is 143 Å². The van der Waals surface area contributed by atoms with Crippen LogP contribution in [-0.4, -0.2) is 60.1 Å². The lowest BCUT2D eigenvalue weighted by atomic mass is 9.89. The van der Waals surface area contributed by atoms with Gasteiger partial charge in [0.15, 0.2) is 0 Å². The van der Waals surface area contributed by atoms with Crippen LogP contribution >= 0.6 is 23.2 Å². The summed E-state index contributed by atoms with van der Waals surface area (Å²) in [7, 11) is 0. The van der Waals surface area contributed by atoms with Crippen LogP contribution in [0.15, 0.2) is 53.6 Å². The van der Waals surface area contributed by atoms with Crippen molar-refractivity contribution in [2.24, 2.45) is 22.7 Å². The molecule has 6 nitrogen and oxygen atoms in total. The van der Waals surface area contributed by atoms with Crippen LogP contribution in [0.3, 0.4) is 0 Å². The van der Waals surface area contributed by atoms with Crippen LogP contribution in [-0.2, 0) is 12.8 Å². The maximum Gasteiger partial charge on any atom is 0.0529 e. The number of rotatable bonds is 7. The third-order valence-electron chi connectivity index (χ3n) is 10.3. The lowest BCUT2D eigenvalue weighted by Crippen LogP contribution is -2.48. The van der Waals surface area contributed by atoms with Crippen molar-refractivity contribution in [3.05, 3.63) is 80.1 Å². The summed E-state index contributed by atoms with van der Waals surface area (Å²) in [6.07, 6.45) is 14.7. The minimum Gasteiger partial charge on any atom is -0.326 e. The number of nitrogens with two attached hydrogens (primary N) is 1. The molecule has 2 saturated carbocycles. The molecule has 0 unspecified atom stereocenters. The van der Waals surface area contributed by atoms with E-state index in [1.165, 1.54) is 88.4 Å². The van der Waals surface area contributed by atoms with Crippen LogP contribution in [0.25, 0.3) is 10.4 Å². The Morgan fingerprint density at radius 2 is 1.12 bits per heavy atom. The number of benzene rings is 2. The maximum atomic E-state index is 8.70. The molecule has 42 heavy (non-hydrogen) atoms. The van der Waals surface area contributed by atoms with Gasteiger partial charge in [-0.25, -0.2) is 0 Å². The van der Waals surface area contributed by atoms with Crippen LogP contribution in [0.4, 0.5) is 0 Å². The Morgan fingerprint density at radius 1 is 0.667 bits per heavy atom. The zero-order valence-corrected chi connectivity index (χ0v) is 26.5. The molecule has 2 aliphatic heterocycles. The number of piperidine rings is 2. The lowest BCUT2D eigenvalue weighted by molar-refractivity contribution is 0.125. The zero-order valence-electron chi connectivity index (χ0n) is 25.0. The van der Waals surface area contributed by atoms with E-state index in [-0.39, 0.29) is 6.04 Å². The molecular formula is C34H48Cl2N6. The number of hydrogen-bond acceptors (Lipinski definition) is 4. The summed E-state index contributed by atoms with van der Waals surface area (Å²) in [5.74, 6) is 1.58. The van der Waals surface area contributed by atoms with Crippen molar-refractivity contribution in [2.75, 3.05) is 26.2 Å². The van der Waals surface area contributed by atoms with Crippen LogP contribution in [0, 0.1) is 11.8 Å². The third kappa shape index (κ3) is 8.87. The van der Waals surface area contributed by atoms with E-state index in [9.17, 15) is 0 Å². The van der Waals surface area contributed by atoms with Gasteiger partial charge >= 0.3 is 0 Å². The van der Waals surface area contributed by atoms with E-state index >= 15 is 0 Å². The molecule has 2 N–H and O–H groups in total. The van der Waals surface area contributed by atoms with Gasteiger partial charge in [-0.15, -0.1) is 0 Å². The first-order chi connectivity index (χ1) is 20.5. The predicted molar refractivity (Wildman–Crippen MR) is 175 cm³/mol. The average molecular weight is 612 g/mol. The van der Waals surface area contributed by atoms with E-state index in [0.717, 1.165) is 47.8 Å². The van der Waals surface area contributed by atoms with Crippen molar-refractivity contribution in [3.8, 4) is 0 Å². The van der Waals surface area contributed by atoms with Crippen molar-refractivity contribution >= 4 is 23.2 Å². The normalized spacial score (nSPS) is 27.8. The first kappa shape index (κ1) is 31.6. The number of likely N-dealkylation sites (tertiary alicyclic amines) is 2. The molecule has 4 fully saturated rings. The molecule has 4 atom stereocenters. The number of azide groups is 1. The molecule has 6 rings (SSSR count). The van der Waals surface area contributed by atoms with Gasteiger partial charge in [-0.1, -0.05) is 65.4 Å². The fourth-order valence-electron chi connectivity index (χ4n) is 7.86. The maximum absolute atomic E-state index is 8.70. The molecule has 0 bridgehead atoms. The van der Waals surface area contributed by atoms with Gasteiger partial charge in [-0.3, -0.25) is 9.80 Å². The highest BCUT2D eigenvalue weighted by atomic mass is 35.5. The molecule has 0 amide bonds. The molecule has 0 spiro atoms. The number of hydrogen-bond donors (Lipinski definition) is 1. The Morgan fingerprint density at radius 3 is 1.57 bits per heavy atom. The molecule has 4 aliphatic rings. The van der Waals surface area contributed by atoms with E-state index in [4.69, 9.17) is 34.5 Å². The van der Waals surface area contributed by atoms with Gasteiger partial charge in [0.2, 0.25) is 0 Å². The minimum absolute atomic E-state index is 0.192. The summed E-state index contributed by atoms with van der Waals surface area (Å²) in [6, 6.07) is 18.3. The highest BCUT2D eigenvalue weighted by molar-refractivity contribution is 6.30. The molecule has 2 heterocycles. The fourth-order valence-corrected chi connectivity index (χ4v) is 8.11. The molecule has 2 aromatic rings. The zero-order chi connectivity index (χ0) is 29.3. The molecule has 8 heteroatoms. The van der Waals surface area contributed by atoms with Gasteiger partial charge in [0.05, 0.1) is 6.04 Å². The minimum atomic E-state index is 0.192. The Balaban J connectivity index is 0.000000169. The molecule has 0 aromatic heterocycles. The van der Waals surface area contributed by atoms with Crippen molar-refractivity contribution in [3.63, 3.8) is 0 Å². The van der Waals surface area contributed by atoms with Crippen LogP contribution in [0.1, 0.15) is 75.3 Å². The fraction of sp³-hybridized carbons (Fsp3) is 0.647. The Labute approximate surface area is 262 Å². The first-order valence-electron chi connectivity index (χ1n) is 16.2. The second-order valence-electron chi connectivity index (χ2n) is 13.1. The average Bonchev–Trinajstić information content (AvgIpc) is 3.66. The summed E-state index contributed by atoms with van der Waals surface area (Å²) in [4.78, 5) is 8.24. The monoisotopic (exact) mass is 610 g/mol. The van der Waals surface area contributed by atoms with Crippen molar-refractivity contribution in [1.29, 1.82) is 0 Å². The van der Waals surface area contributed by atoms with E-state index in [0.29, 0.717) is 18.1 Å². The second kappa shape index (κ2) is 15.8. The highest BCUT2D eigenvalue weighted by Gasteiger charge is 2.34. The van der Waals surface area contributed by atoms with Gasteiger partial charge in [-0.2, -0.15) is 0 Å². The predicted octanol–water partition coefficient (Wildman–Crippen LogP) is 8.30. The van der Waals surface area contributed by atoms with Crippen molar-refractivity contribution in [1.82, 2.24) is 9.80 Å². The molecular weight excluding hydrogens is 563 g/mol. The summed E-state index contributed by atoms with van der Waals surface area (Å²) in [5, 5.41) is 5.64. The SMILES string of the molecule is N[C@@H]1CCC[C@@H]1N1CCC(Cc2ccc(Cl)cc2)CC1.[N-]=[N+]=N[C@@H]1CCC[C@@H]1N1CCC(Cc2ccc(Cl)cc2)CC1. The molecule has 2 aromatic carbocycles. The Bertz CT molecular complexity index is 1140. The third-order valence-corrected chi connectivity index (χ3v) is 10.8. The topological polar surface area (TPSA) is 81.3 Å². The van der Waals surface area contributed by atoms with Crippen LogP contribution in [0.2, 0.25) is 10.0 Å². The van der Waals surface area contributed by atoms with E-state index in [1.54, 1.807) is 0 Å². The standard InChI is InChI=1S/C17H23ClN4.C17H25ClN2/c18-15-6-4-13(5-7-15)12-14-8-10-22(11-9-14)17-3-1-2-16(17)20-21-19;18-15-6-4-13(5-7-15)12-14-8-10-20(11-9-14)17-3-1-2-16(17)19/h4-7,14,16-17H,1-3,8-12H2;4-7,14,16-17H,1-3,8-12,19H2/t2*16-,17+/m11/s1. The van der Waals surface area contributed by atoms with E-state index in [2.05, 4.69) is 44.1 Å². The van der Waals surface area contributed by atoms with Crippen LogP contribution < -0.4 is 5.73 Å². The summed E-state index contributed by atoms with van der Waals surface area (Å²) in [6.45, 7) is 4.74. The Kier molecular flexibility index (Phi) is 11.9.